The molecule has 2 nitrogen and oxygen atoms in total. The third kappa shape index (κ3) is 1.84. The summed E-state index contributed by atoms with van der Waals surface area (Å²) in [6.45, 7) is 4.92. The first-order valence-electron chi connectivity index (χ1n) is 9.08. The van der Waals surface area contributed by atoms with Crippen LogP contribution in [0.5, 0.6) is 0 Å². The van der Waals surface area contributed by atoms with Crippen molar-refractivity contribution in [3.05, 3.63) is 11.6 Å². The van der Waals surface area contributed by atoms with E-state index in [4.69, 9.17) is 5.73 Å². The van der Waals surface area contributed by atoms with Crippen LogP contribution in [0.1, 0.15) is 65.2 Å². The Labute approximate surface area is 129 Å². The molecule has 0 aromatic carbocycles. The fourth-order valence-corrected chi connectivity index (χ4v) is 6.84. The summed E-state index contributed by atoms with van der Waals surface area (Å²) in [7, 11) is 0. The molecule has 118 valence electrons. The van der Waals surface area contributed by atoms with Gasteiger partial charge in [0, 0.05) is 6.04 Å². The van der Waals surface area contributed by atoms with Gasteiger partial charge in [0.25, 0.3) is 0 Å². The lowest BCUT2D eigenvalue weighted by molar-refractivity contribution is -0.0548. The molecule has 3 fully saturated rings. The summed E-state index contributed by atoms with van der Waals surface area (Å²) in [6.07, 6.45) is 12.0. The molecule has 0 amide bonds. The van der Waals surface area contributed by atoms with E-state index in [1.54, 1.807) is 5.57 Å². The molecule has 0 radical (unpaired) electrons. The van der Waals surface area contributed by atoms with Crippen LogP contribution in [0.25, 0.3) is 0 Å². The lowest BCUT2D eigenvalue weighted by atomic mass is 9.47. The molecule has 0 aliphatic heterocycles. The summed E-state index contributed by atoms with van der Waals surface area (Å²) < 4.78 is 0. The Morgan fingerprint density at radius 2 is 1.95 bits per heavy atom. The summed E-state index contributed by atoms with van der Waals surface area (Å²) in [5, 5.41) is 10.2. The molecule has 4 aliphatic rings. The number of hydrogen-bond acceptors (Lipinski definition) is 2. The highest BCUT2D eigenvalue weighted by atomic mass is 16.3. The Morgan fingerprint density at radius 1 is 1.14 bits per heavy atom. The Hall–Kier alpha value is -0.340. The van der Waals surface area contributed by atoms with Crippen LogP contribution in [0.3, 0.4) is 0 Å². The van der Waals surface area contributed by atoms with Gasteiger partial charge in [-0.1, -0.05) is 25.5 Å². The van der Waals surface area contributed by atoms with Gasteiger partial charge >= 0.3 is 0 Å². The van der Waals surface area contributed by atoms with Gasteiger partial charge in [0.05, 0.1) is 6.10 Å². The van der Waals surface area contributed by atoms with E-state index in [0.29, 0.717) is 11.5 Å². The topological polar surface area (TPSA) is 46.2 Å². The van der Waals surface area contributed by atoms with Crippen LogP contribution in [0, 0.1) is 28.6 Å². The molecule has 0 bridgehead atoms. The van der Waals surface area contributed by atoms with E-state index in [1.807, 2.05) is 0 Å². The van der Waals surface area contributed by atoms with Gasteiger partial charge in [0.15, 0.2) is 0 Å². The first-order chi connectivity index (χ1) is 9.95. The first kappa shape index (κ1) is 14.3. The SMILES string of the molecule is C[C@]12CC(O)CC=C1CC[C@@H]1[C@H]2CC[C@]2(C)C(N)CC[C@@H]12. The van der Waals surface area contributed by atoms with Crippen LogP contribution in [0.4, 0.5) is 0 Å². The van der Waals surface area contributed by atoms with E-state index >= 15 is 0 Å². The molecule has 0 aromatic heterocycles. The van der Waals surface area contributed by atoms with E-state index < -0.39 is 0 Å². The Morgan fingerprint density at radius 3 is 2.76 bits per heavy atom. The monoisotopic (exact) mass is 289 g/mol. The highest BCUT2D eigenvalue weighted by molar-refractivity contribution is 5.25. The zero-order chi connectivity index (χ0) is 14.8. The van der Waals surface area contributed by atoms with Crippen molar-refractivity contribution in [3.8, 4) is 0 Å². The third-order valence-corrected chi connectivity index (χ3v) is 8.11. The molecule has 21 heavy (non-hydrogen) atoms. The van der Waals surface area contributed by atoms with Crippen LogP contribution in [0.15, 0.2) is 11.6 Å². The molecule has 3 saturated carbocycles. The second kappa shape index (κ2) is 4.58. The molecule has 7 atom stereocenters. The quantitative estimate of drug-likeness (QED) is 0.669. The second-order valence-electron chi connectivity index (χ2n) is 8.88. The summed E-state index contributed by atoms with van der Waals surface area (Å²) in [4.78, 5) is 0. The second-order valence-corrected chi connectivity index (χ2v) is 8.88. The van der Waals surface area contributed by atoms with Crippen molar-refractivity contribution in [3.63, 3.8) is 0 Å². The molecule has 2 unspecified atom stereocenters. The van der Waals surface area contributed by atoms with Gasteiger partial charge in [-0.3, -0.25) is 0 Å². The van der Waals surface area contributed by atoms with Gasteiger partial charge < -0.3 is 10.8 Å². The van der Waals surface area contributed by atoms with E-state index in [1.165, 1.54) is 38.5 Å². The van der Waals surface area contributed by atoms with Crippen LogP contribution in [-0.4, -0.2) is 17.3 Å². The van der Waals surface area contributed by atoms with Gasteiger partial charge in [0.2, 0.25) is 0 Å². The van der Waals surface area contributed by atoms with E-state index in [0.717, 1.165) is 30.6 Å². The fraction of sp³-hybridized carbons (Fsp3) is 0.895. The fourth-order valence-electron chi connectivity index (χ4n) is 6.84. The predicted octanol–water partition coefficient (Wildman–Crippen LogP) is 3.64. The maximum atomic E-state index is 10.2. The molecule has 3 N–H and O–H groups in total. The molecule has 0 aromatic rings. The standard InChI is InChI=1S/C19H31NO/c1-18-10-9-16-14(15(18)7-8-17(18)20)6-4-12-3-5-13(21)11-19(12,16)2/h3,13-17,21H,4-11,20H2,1-2H3/t13?,14-,15-,16+,17?,18-,19-/m0/s1. The van der Waals surface area contributed by atoms with Crippen molar-refractivity contribution < 1.29 is 5.11 Å². The number of fused-ring (bicyclic) bond motifs is 5. The average molecular weight is 289 g/mol. The van der Waals surface area contributed by atoms with Crippen molar-refractivity contribution >= 4 is 0 Å². The number of nitrogens with two attached hydrogens (primary N) is 1. The molecular formula is C19H31NO. The summed E-state index contributed by atoms with van der Waals surface area (Å²) in [5.74, 6) is 2.48. The summed E-state index contributed by atoms with van der Waals surface area (Å²) >= 11 is 0. The minimum absolute atomic E-state index is 0.114. The Balaban J connectivity index is 1.68. The van der Waals surface area contributed by atoms with Gasteiger partial charge in [-0.05, 0) is 80.0 Å². The lowest BCUT2D eigenvalue weighted by Gasteiger charge is -2.58. The number of allylic oxidation sites excluding steroid dienone is 1. The Bertz CT molecular complexity index is 472. The van der Waals surface area contributed by atoms with Crippen molar-refractivity contribution in [2.75, 3.05) is 0 Å². The zero-order valence-corrected chi connectivity index (χ0v) is 13.6. The van der Waals surface area contributed by atoms with Crippen molar-refractivity contribution in [1.82, 2.24) is 0 Å². The molecule has 4 rings (SSSR count). The highest BCUT2D eigenvalue weighted by Crippen LogP contribution is 2.65. The Kier molecular flexibility index (Phi) is 3.11. The first-order valence-corrected chi connectivity index (χ1v) is 9.08. The van der Waals surface area contributed by atoms with Crippen molar-refractivity contribution in [2.45, 2.75) is 77.4 Å². The number of aliphatic hydroxyl groups is 1. The third-order valence-electron chi connectivity index (χ3n) is 8.11. The largest absolute Gasteiger partial charge is 0.393 e. The van der Waals surface area contributed by atoms with Crippen LogP contribution >= 0.6 is 0 Å². The predicted molar refractivity (Wildman–Crippen MR) is 85.7 cm³/mol. The maximum absolute atomic E-state index is 10.2. The molecule has 4 aliphatic carbocycles. The van der Waals surface area contributed by atoms with E-state index in [2.05, 4.69) is 19.9 Å². The summed E-state index contributed by atoms with van der Waals surface area (Å²) in [6, 6.07) is 0.421. The summed E-state index contributed by atoms with van der Waals surface area (Å²) in [5.41, 5.74) is 8.81. The highest BCUT2D eigenvalue weighted by Gasteiger charge is 2.58. The van der Waals surface area contributed by atoms with Crippen LogP contribution in [-0.2, 0) is 0 Å². The van der Waals surface area contributed by atoms with Crippen LogP contribution < -0.4 is 5.73 Å². The van der Waals surface area contributed by atoms with Gasteiger partial charge in [-0.25, -0.2) is 0 Å². The van der Waals surface area contributed by atoms with Gasteiger partial charge in [-0.15, -0.1) is 0 Å². The number of hydrogen-bond donors (Lipinski definition) is 2. The number of rotatable bonds is 0. The smallest absolute Gasteiger partial charge is 0.0583 e. The molecule has 0 heterocycles. The number of aliphatic hydroxyl groups excluding tert-OH is 1. The van der Waals surface area contributed by atoms with Crippen molar-refractivity contribution in [2.24, 2.45) is 34.3 Å². The maximum Gasteiger partial charge on any atom is 0.0583 e. The molecule has 0 spiro atoms. The van der Waals surface area contributed by atoms with Crippen molar-refractivity contribution in [1.29, 1.82) is 0 Å². The minimum atomic E-state index is -0.114. The van der Waals surface area contributed by atoms with Gasteiger partial charge in [0.1, 0.15) is 0 Å². The lowest BCUT2D eigenvalue weighted by Crippen LogP contribution is -2.53. The van der Waals surface area contributed by atoms with Crippen LogP contribution in [0.2, 0.25) is 0 Å². The minimum Gasteiger partial charge on any atom is -0.393 e. The van der Waals surface area contributed by atoms with Gasteiger partial charge in [-0.2, -0.15) is 0 Å². The molecular weight excluding hydrogens is 258 g/mol. The van der Waals surface area contributed by atoms with E-state index in [9.17, 15) is 5.11 Å². The molecule has 2 heteroatoms. The zero-order valence-electron chi connectivity index (χ0n) is 13.6. The van der Waals surface area contributed by atoms with E-state index in [-0.39, 0.29) is 11.5 Å². The molecule has 0 saturated heterocycles. The normalized spacial score (nSPS) is 56.2. The average Bonchev–Trinajstić information content (AvgIpc) is 2.74.